The summed E-state index contributed by atoms with van der Waals surface area (Å²) in [5.41, 5.74) is 0.650. The molecule has 0 bridgehead atoms. The van der Waals surface area contributed by atoms with Gasteiger partial charge >= 0.3 is 0 Å². The molecule has 0 amide bonds. The highest BCUT2D eigenvalue weighted by Crippen LogP contribution is 2.17. The lowest BCUT2D eigenvalue weighted by Crippen LogP contribution is -2.47. The fourth-order valence-corrected chi connectivity index (χ4v) is 1.31. The molecule has 0 aliphatic heterocycles. The van der Waals surface area contributed by atoms with Crippen molar-refractivity contribution >= 4 is 17.3 Å². The number of Topliss-reactive ketones (excluding diaryl/α,β-unsaturated/α-hetero) is 2. The van der Waals surface area contributed by atoms with Crippen LogP contribution in [0.25, 0.3) is 0 Å². The summed E-state index contributed by atoms with van der Waals surface area (Å²) in [6.07, 6.45) is 0.232. The van der Waals surface area contributed by atoms with E-state index >= 15 is 0 Å². The zero-order chi connectivity index (χ0) is 10.1. The van der Waals surface area contributed by atoms with Crippen LogP contribution >= 0.6 is 0 Å². The summed E-state index contributed by atoms with van der Waals surface area (Å²) in [5.74, 6) is -1.06. The van der Waals surface area contributed by atoms with Crippen LogP contribution in [-0.4, -0.2) is 17.6 Å². The van der Waals surface area contributed by atoms with Crippen LogP contribution < -0.4 is 5.32 Å². The monoisotopic (exact) mass is 193 g/mol. The molecule has 14 heavy (non-hydrogen) atoms. The van der Waals surface area contributed by atoms with Crippen LogP contribution in [-0.2, 0) is 9.59 Å². The SMILES string of the molecule is O=C1CC(Nc2ccc(F)cc2)C1=O. The van der Waals surface area contributed by atoms with E-state index in [2.05, 4.69) is 5.32 Å². The van der Waals surface area contributed by atoms with Gasteiger partial charge in [0, 0.05) is 12.1 Å². The van der Waals surface area contributed by atoms with Gasteiger partial charge in [0.2, 0.25) is 11.6 Å². The van der Waals surface area contributed by atoms with Gasteiger partial charge in [0.25, 0.3) is 0 Å². The van der Waals surface area contributed by atoms with Crippen LogP contribution in [0.1, 0.15) is 6.42 Å². The first kappa shape index (κ1) is 8.87. The Balaban J connectivity index is 2.02. The van der Waals surface area contributed by atoms with Gasteiger partial charge in [-0.15, -0.1) is 0 Å². The van der Waals surface area contributed by atoms with Crippen molar-refractivity contribution in [3.05, 3.63) is 30.1 Å². The van der Waals surface area contributed by atoms with E-state index in [9.17, 15) is 14.0 Å². The molecule has 1 aliphatic carbocycles. The van der Waals surface area contributed by atoms with E-state index in [0.717, 1.165) is 0 Å². The van der Waals surface area contributed by atoms with Crippen molar-refractivity contribution in [3.63, 3.8) is 0 Å². The second-order valence-corrected chi connectivity index (χ2v) is 3.20. The summed E-state index contributed by atoms with van der Waals surface area (Å²) in [6.45, 7) is 0. The first-order valence-electron chi connectivity index (χ1n) is 4.26. The van der Waals surface area contributed by atoms with E-state index in [1.54, 1.807) is 0 Å². The summed E-state index contributed by atoms with van der Waals surface area (Å²) < 4.78 is 12.5. The largest absolute Gasteiger partial charge is 0.374 e. The maximum Gasteiger partial charge on any atom is 0.221 e. The molecule has 0 aromatic heterocycles. The Morgan fingerprint density at radius 2 is 1.86 bits per heavy atom. The van der Waals surface area contributed by atoms with Gasteiger partial charge in [0.15, 0.2) is 0 Å². The number of anilines is 1. The Morgan fingerprint density at radius 3 is 2.36 bits per heavy atom. The number of carbonyl (C=O) groups is 2. The fourth-order valence-electron chi connectivity index (χ4n) is 1.31. The molecule has 72 valence electrons. The Bertz CT molecular complexity index is 386. The fraction of sp³-hybridized carbons (Fsp3) is 0.200. The number of benzene rings is 1. The molecule has 4 heteroatoms. The Kier molecular flexibility index (Phi) is 2.04. The van der Waals surface area contributed by atoms with Gasteiger partial charge in [0.1, 0.15) is 11.9 Å². The first-order valence-corrected chi connectivity index (χ1v) is 4.26. The zero-order valence-corrected chi connectivity index (χ0v) is 7.29. The molecule has 1 atom stereocenters. The second kappa shape index (κ2) is 3.21. The highest BCUT2D eigenvalue weighted by molar-refractivity contribution is 6.46. The van der Waals surface area contributed by atoms with Crippen LogP contribution in [0.3, 0.4) is 0 Å². The highest BCUT2D eigenvalue weighted by Gasteiger charge is 2.37. The number of hydrogen-bond acceptors (Lipinski definition) is 3. The van der Waals surface area contributed by atoms with Crippen LogP contribution in [0.15, 0.2) is 24.3 Å². The van der Waals surface area contributed by atoms with E-state index in [0.29, 0.717) is 5.69 Å². The molecule has 1 N–H and O–H groups in total. The van der Waals surface area contributed by atoms with Gasteiger partial charge in [-0.1, -0.05) is 0 Å². The lowest BCUT2D eigenvalue weighted by molar-refractivity contribution is -0.143. The number of ketones is 2. The maximum atomic E-state index is 12.5. The number of hydrogen-bond donors (Lipinski definition) is 1. The molecule has 0 spiro atoms. The second-order valence-electron chi connectivity index (χ2n) is 3.20. The quantitative estimate of drug-likeness (QED) is 0.716. The van der Waals surface area contributed by atoms with Gasteiger partial charge in [-0.25, -0.2) is 4.39 Å². The van der Waals surface area contributed by atoms with Crippen molar-refractivity contribution in [2.24, 2.45) is 0 Å². The summed E-state index contributed by atoms with van der Waals surface area (Å²) in [7, 11) is 0. The van der Waals surface area contributed by atoms with E-state index in [1.165, 1.54) is 24.3 Å². The molecule has 0 radical (unpaired) electrons. The van der Waals surface area contributed by atoms with Crippen molar-refractivity contribution in [1.29, 1.82) is 0 Å². The molecule has 0 saturated heterocycles. The Hall–Kier alpha value is -1.71. The van der Waals surface area contributed by atoms with Crippen LogP contribution in [0.2, 0.25) is 0 Å². The predicted molar refractivity (Wildman–Crippen MR) is 48.4 cm³/mol. The van der Waals surface area contributed by atoms with Gasteiger partial charge in [-0.2, -0.15) is 0 Å². The van der Waals surface area contributed by atoms with Crippen LogP contribution in [0, 0.1) is 5.82 Å². The third kappa shape index (κ3) is 1.51. The van der Waals surface area contributed by atoms with Gasteiger partial charge in [0.05, 0.1) is 0 Å². The van der Waals surface area contributed by atoms with Crippen molar-refractivity contribution < 1.29 is 14.0 Å². The van der Waals surface area contributed by atoms with E-state index in [-0.39, 0.29) is 18.0 Å². The average Bonchev–Trinajstić information content (AvgIpc) is 2.20. The van der Waals surface area contributed by atoms with E-state index < -0.39 is 11.8 Å². The summed E-state index contributed by atoms with van der Waals surface area (Å²) >= 11 is 0. The van der Waals surface area contributed by atoms with Gasteiger partial charge in [-0.05, 0) is 24.3 Å². The minimum Gasteiger partial charge on any atom is -0.374 e. The molecule has 2 rings (SSSR count). The lowest BCUT2D eigenvalue weighted by atomic mass is 9.89. The molecule has 0 heterocycles. The van der Waals surface area contributed by atoms with Crippen LogP contribution in [0.4, 0.5) is 10.1 Å². The summed E-state index contributed by atoms with van der Waals surface area (Å²) in [5, 5.41) is 2.85. The van der Waals surface area contributed by atoms with Crippen molar-refractivity contribution in [3.8, 4) is 0 Å². The summed E-state index contributed by atoms with van der Waals surface area (Å²) in [6, 6.07) is 5.24. The van der Waals surface area contributed by atoms with E-state index in [1.807, 2.05) is 0 Å². The smallest absolute Gasteiger partial charge is 0.221 e. The molecule has 1 fully saturated rings. The van der Waals surface area contributed by atoms with Gasteiger partial charge < -0.3 is 5.32 Å². The zero-order valence-electron chi connectivity index (χ0n) is 7.29. The number of halogens is 1. The molecule has 1 aliphatic rings. The van der Waals surface area contributed by atoms with E-state index in [4.69, 9.17) is 0 Å². The van der Waals surface area contributed by atoms with Crippen molar-refractivity contribution in [2.45, 2.75) is 12.5 Å². The third-order valence-electron chi connectivity index (χ3n) is 2.17. The van der Waals surface area contributed by atoms with Crippen molar-refractivity contribution in [2.75, 3.05) is 5.32 Å². The molecule has 3 nitrogen and oxygen atoms in total. The number of rotatable bonds is 2. The molecule has 1 aromatic carbocycles. The third-order valence-corrected chi connectivity index (χ3v) is 2.17. The molecule has 1 unspecified atom stereocenters. The Labute approximate surface area is 79.9 Å². The number of carbonyl (C=O) groups excluding carboxylic acids is 2. The topological polar surface area (TPSA) is 46.2 Å². The lowest BCUT2D eigenvalue weighted by Gasteiger charge is -2.24. The van der Waals surface area contributed by atoms with Crippen LogP contribution in [0.5, 0.6) is 0 Å². The highest BCUT2D eigenvalue weighted by atomic mass is 19.1. The van der Waals surface area contributed by atoms with Crippen molar-refractivity contribution in [1.82, 2.24) is 0 Å². The molecular formula is C10H8FNO2. The summed E-state index contributed by atoms with van der Waals surface area (Å²) in [4.78, 5) is 21.6. The van der Waals surface area contributed by atoms with Gasteiger partial charge in [-0.3, -0.25) is 9.59 Å². The average molecular weight is 193 g/mol. The Morgan fingerprint density at radius 1 is 1.21 bits per heavy atom. The molecular weight excluding hydrogens is 185 g/mol. The molecule has 1 saturated carbocycles. The maximum absolute atomic E-state index is 12.5. The number of nitrogens with one attached hydrogen (secondary N) is 1. The predicted octanol–water partition coefficient (Wildman–Crippen LogP) is 1.15. The standard InChI is InChI=1S/C10H8FNO2/c11-6-1-3-7(4-2-6)12-8-5-9(13)10(8)14/h1-4,8,12H,5H2. The molecule has 1 aromatic rings. The first-order chi connectivity index (χ1) is 6.66. The normalized spacial score (nSPS) is 20.5. The minimum atomic E-state index is -0.423. The minimum absolute atomic E-state index is 0.232.